The Labute approximate surface area is 145 Å². The fraction of sp³-hybridized carbons (Fsp3) is 0.333. The molecule has 4 nitrogen and oxygen atoms in total. The molecule has 0 fully saturated rings. The molecule has 0 heterocycles. The lowest BCUT2D eigenvalue weighted by atomic mass is 10.1. The molecule has 1 N–H and O–H groups in total. The smallest absolute Gasteiger partial charge is 0.243 e. The van der Waals surface area contributed by atoms with Gasteiger partial charge in [0.15, 0.2) is 0 Å². The Kier molecular flexibility index (Phi) is 6.34. The van der Waals surface area contributed by atoms with E-state index in [1.54, 1.807) is 12.1 Å². The lowest BCUT2D eigenvalue weighted by Crippen LogP contribution is -2.28. The van der Waals surface area contributed by atoms with Crippen molar-refractivity contribution in [2.45, 2.75) is 30.6 Å². The van der Waals surface area contributed by atoms with Gasteiger partial charge in [-0.1, -0.05) is 68.2 Å². The molecule has 0 unspecified atom stereocenters. The molecule has 0 atom stereocenters. The minimum Gasteiger partial charge on any atom is -0.366 e. The SMILES string of the molecule is C[Si](C)(C)CCOCNS(=O)(=O)c1ccccc1-c1ccccc1. The molecule has 0 aliphatic carbocycles. The highest BCUT2D eigenvalue weighted by Gasteiger charge is 2.19. The minimum atomic E-state index is -3.62. The lowest BCUT2D eigenvalue weighted by molar-refractivity contribution is 0.143. The Morgan fingerprint density at radius 1 is 0.958 bits per heavy atom. The Morgan fingerprint density at radius 2 is 1.58 bits per heavy atom. The molecular weight excluding hydrogens is 338 g/mol. The minimum absolute atomic E-state index is 0.00403. The van der Waals surface area contributed by atoms with Crippen LogP contribution < -0.4 is 4.72 Å². The molecule has 0 saturated carbocycles. The average molecular weight is 364 g/mol. The van der Waals surface area contributed by atoms with Gasteiger partial charge in [-0.2, -0.15) is 4.72 Å². The van der Waals surface area contributed by atoms with E-state index in [0.717, 1.165) is 11.6 Å². The van der Waals surface area contributed by atoms with Crippen LogP contribution in [-0.2, 0) is 14.8 Å². The first-order valence-corrected chi connectivity index (χ1v) is 13.2. The van der Waals surface area contributed by atoms with Crippen LogP contribution in [0.2, 0.25) is 25.7 Å². The van der Waals surface area contributed by atoms with Crippen molar-refractivity contribution >= 4 is 18.1 Å². The number of benzene rings is 2. The number of ether oxygens (including phenoxy) is 1. The largest absolute Gasteiger partial charge is 0.366 e. The van der Waals surface area contributed by atoms with E-state index < -0.39 is 18.1 Å². The maximum absolute atomic E-state index is 12.6. The molecule has 2 aromatic carbocycles. The van der Waals surface area contributed by atoms with Crippen LogP contribution in [0.3, 0.4) is 0 Å². The van der Waals surface area contributed by atoms with Crippen LogP contribution in [-0.4, -0.2) is 29.8 Å². The molecule has 0 amide bonds. The molecular formula is C18H25NO3SSi. The molecule has 130 valence electrons. The zero-order valence-corrected chi connectivity index (χ0v) is 16.3. The van der Waals surface area contributed by atoms with Crippen molar-refractivity contribution in [2.75, 3.05) is 13.3 Å². The predicted octanol–water partition coefficient (Wildman–Crippen LogP) is 3.94. The summed E-state index contributed by atoms with van der Waals surface area (Å²) in [6, 6.07) is 17.5. The summed E-state index contributed by atoms with van der Waals surface area (Å²) in [5, 5.41) is 0. The Balaban J connectivity index is 2.08. The molecule has 2 rings (SSSR count). The first kappa shape index (κ1) is 18.9. The van der Waals surface area contributed by atoms with E-state index in [9.17, 15) is 8.42 Å². The summed E-state index contributed by atoms with van der Waals surface area (Å²) in [6.07, 6.45) is 0. The summed E-state index contributed by atoms with van der Waals surface area (Å²) in [7, 11) is -4.79. The summed E-state index contributed by atoms with van der Waals surface area (Å²) in [6.45, 7) is 7.36. The Hall–Kier alpha value is -1.47. The highest BCUT2D eigenvalue weighted by Crippen LogP contribution is 2.26. The van der Waals surface area contributed by atoms with Crippen molar-refractivity contribution in [1.82, 2.24) is 4.72 Å². The van der Waals surface area contributed by atoms with E-state index in [1.165, 1.54) is 0 Å². The van der Waals surface area contributed by atoms with Gasteiger partial charge < -0.3 is 4.74 Å². The molecule has 0 aromatic heterocycles. The third-order valence-electron chi connectivity index (χ3n) is 3.61. The molecule has 0 aliphatic rings. The van der Waals surface area contributed by atoms with Gasteiger partial charge in [0, 0.05) is 20.2 Å². The average Bonchev–Trinajstić information content (AvgIpc) is 2.54. The molecule has 0 spiro atoms. The van der Waals surface area contributed by atoms with Crippen molar-refractivity contribution in [1.29, 1.82) is 0 Å². The van der Waals surface area contributed by atoms with Gasteiger partial charge in [-0.15, -0.1) is 0 Å². The predicted molar refractivity (Wildman–Crippen MR) is 101 cm³/mol. The third-order valence-corrected chi connectivity index (χ3v) is 6.75. The fourth-order valence-electron chi connectivity index (χ4n) is 2.20. The van der Waals surface area contributed by atoms with Gasteiger partial charge in [-0.25, -0.2) is 8.42 Å². The quantitative estimate of drug-likeness (QED) is 0.439. The highest BCUT2D eigenvalue weighted by atomic mass is 32.2. The van der Waals surface area contributed by atoms with Crippen LogP contribution in [0.25, 0.3) is 11.1 Å². The summed E-state index contributed by atoms with van der Waals surface area (Å²) in [5.74, 6) is 0. The summed E-state index contributed by atoms with van der Waals surface area (Å²) < 4.78 is 33.2. The topological polar surface area (TPSA) is 55.4 Å². The van der Waals surface area contributed by atoms with E-state index in [-0.39, 0.29) is 11.6 Å². The van der Waals surface area contributed by atoms with Crippen LogP contribution in [0.1, 0.15) is 0 Å². The standard InChI is InChI=1S/C18H25NO3SSi/c1-24(2,3)14-13-22-15-19-23(20,21)18-12-8-7-11-17(18)16-9-5-4-6-10-16/h4-12,19H,13-15H2,1-3H3. The monoisotopic (exact) mass is 363 g/mol. The van der Waals surface area contributed by atoms with Crippen molar-refractivity contribution in [3.05, 3.63) is 54.6 Å². The van der Waals surface area contributed by atoms with Gasteiger partial charge in [0.1, 0.15) is 6.73 Å². The van der Waals surface area contributed by atoms with E-state index >= 15 is 0 Å². The maximum atomic E-state index is 12.6. The number of sulfonamides is 1. The zero-order chi connectivity index (χ0) is 17.6. The second kappa shape index (κ2) is 8.07. The second-order valence-corrected chi connectivity index (χ2v) is 14.2. The van der Waals surface area contributed by atoms with Gasteiger partial charge >= 0.3 is 0 Å². The zero-order valence-electron chi connectivity index (χ0n) is 14.5. The molecule has 0 radical (unpaired) electrons. The number of nitrogens with one attached hydrogen (secondary N) is 1. The van der Waals surface area contributed by atoms with Gasteiger partial charge in [-0.05, 0) is 17.7 Å². The molecule has 0 bridgehead atoms. The second-order valence-electron chi connectivity index (χ2n) is 6.87. The van der Waals surface area contributed by atoms with Gasteiger partial charge in [0.25, 0.3) is 0 Å². The van der Waals surface area contributed by atoms with Crippen LogP contribution in [0.4, 0.5) is 0 Å². The van der Waals surface area contributed by atoms with Crippen molar-refractivity contribution in [2.24, 2.45) is 0 Å². The van der Waals surface area contributed by atoms with Crippen molar-refractivity contribution < 1.29 is 13.2 Å². The summed E-state index contributed by atoms with van der Waals surface area (Å²) >= 11 is 0. The van der Waals surface area contributed by atoms with E-state index in [4.69, 9.17) is 4.74 Å². The maximum Gasteiger partial charge on any atom is 0.243 e. The molecule has 24 heavy (non-hydrogen) atoms. The van der Waals surface area contributed by atoms with Gasteiger partial charge in [0.05, 0.1) is 4.90 Å². The molecule has 6 heteroatoms. The number of hydrogen-bond donors (Lipinski definition) is 1. The van der Waals surface area contributed by atoms with E-state index in [1.807, 2.05) is 42.5 Å². The van der Waals surface area contributed by atoms with Crippen molar-refractivity contribution in [3.63, 3.8) is 0 Å². The molecule has 0 aliphatic heterocycles. The van der Waals surface area contributed by atoms with Crippen LogP contribution in [0.15, 0.2) is 59.5 Å². The van der Waals surface area contributed by atoms with Crippen LogP contribution in [0.5, 0.6) is 0 Å². The van der Waals surface area contributed by atoms with E-state index in [0.29, 0.717) is 12.2 Å². The summed E-state index contributed by atoms with van der Waals surface area (Å²) in [5.41, 5.74) is 1.56. The highest BCUT2D eigenvalue weighted by molar-refractivity contribution is 7.89. The Bertz CT molecular complexity index is 755. The third kappa shape index (κ3) is 5.56. The van der Waals surface area contributed by atoms with Gasteiger partial charge in [-0.3, -0.25) is 0 Å². The fourth-order valence-corrected chi connectivity index (χ4v) is 4.09. The first-order chi connectivity index (χ1) is 11.3. The number of rotatable bonds is 8. The molecule has 0 saturated heterocycles. The Morgan fingerprint density at radius 3 is 2.25 bits per heavy atom. The van der Waals surface area contributed by atoms with Crippen LogP contribution in [0, 0.1) is 0 Å². The summed E-state index contributed by atoms with van der Waals surface area (Å²) in [4.78, 5) is 0.269. The van der Waals surface area contributed by atoms with Gasteiger partial charge in [0.2, 0.25) is 10.0 Å². The van der Waals surface area contributed by atoms with E-state index in [2.05, 4.69) is 24.4 Å². The molecule has 2 aromatic rings. The normalized spacial score (nSPS) is 12.3. The van der Waals surface area contributed by atoms with Crippen LogP contribution >= 0.6 is 0 Å². The lowest BCUT2D eigenvalue weighted by Gasteiger charge is -2.16. The van der Waals surface area contributed by atoms with Crippen molar-refractivity contribution in [3.8, 4) is 11.1 Å². The number of hydrogen-bond acceptors (Lipinski definition) is 3. The first-order valence-electron chi connectivity index (χ1n) is 8.01.